The normalized spacial score (nSPS) is 18.2. The molecule has 0 heterocycles. The first-order valence-corrected chi connectivity index (χ1v) is 4.65. The molecule has 0 saturated heterocycles. The Balaban J connectivity index is 2.79. The minimum absolute atomic E-state index is 0.666. The molecule has 0 unspecified atom stereocenters. The lowest BCUT2D eigenvalue weighted by Gasteiger charge is -2.05. The Morgan fingerprint density at radius 3 is 2.58 bits per heavy atom. The largest absolute Gasteiger partial charge is 0.0799 e. The van der Waals surface area contributed by atoms with Gasteiger partial charge in [-0.1, -0.05) is 43.2 Å². The Kier molecular flexibility index (Phi) is 2.91. The van der Waals surface area contributed by atoms with Crippen LogP contribution < -0.4 is 0 Å². The molecule has 0 heteroatoms. The van der Waals surface area contributed by atoms with Gasteiger partial charge in [-0.25, -0.2) is 0 Å². The molecule has 0 aliphatic heterocycles. The highest BCUT2D eigenvalue weighted by molar-refractivity contribution is 5.42. The summed E-state index contributed by atoms with van der Waals surface area (Å²) >= 11 is 0. The quantitative estimate of drug-likeness (QED) is 0.578. The molecule has 0 fully saturated rings. The van der Waals surface area contributed by atoms with Crippen LogP contribution in [0.1, 0.15) is 34.1 Å². The third kappa shape index (κ3) is 2.10. The molecule has 0 radical (unpaired) electrons. The van der Waals surface area contributed by atoms with Gasteiger partial charge in [-0.05, 0) is 31.8 Å². The van der Waals surface area contributed by atoms with Crippen LogP contribution in [-0.4, -0.2) is 0 Å². The van der Waals surface area contributed by atoms with Crippen LogP contribution in [0, 0.1) is 5.92 Å². The molecule has 66 valence electrons. The molecule has 0 aromatic carbocycles. The number of allylic oxidation sites excluding steroid dienone is 6. The molecule has 1 aliphatic rings. The highest BCUT2D eigenvalue weighted by Gasteiger charge is 2.03. The average Bonchev–Trinajstić information content (AvgIpc) is 2.36. The van der Waals surface area contributed by atoms with Crippen molar-refractivity contribution in [2.45, 2.75) is 34.1 Å². The monoisotopic (exact) mass is 162 g/mol. The van der Waals surface area contributed by atoms with Crippen LogP contribution in [0.25, 0.3) is 0 Å². The van der Waals surface area contributed by atoms with Gasteiger partial charge in [-0.3, -0.25) is 0 Å². The molecule has 0 saturated carbocycles. The van der Waals surface area contributed by atoms with Crippen molar-refractivity contribution < 1.29 is 0 Å². The highest BCUT2D eigenvalue weighted by atomic mass is 14.1. The van der Waals surface area contributed by atoms with Crippen LogP contribution in [0.4, 0.5) is 0 Å². The fraction of sp³-hybridized carbons (Fsp3) is 0.500. The van der Waals surface area contributed by atoms with E-state index in [1.54, 1.807) is 0 Å². The van der Waals surface area contributed by atoms with Gasteiger partial charge < -0.3 is 0 Å². The van der Waals surface area contributed by atoms with Crippen LogP contribution in [0.15, 0.2) is 34.9 Å². The predicted octanol–water partition coefficient (Wildman–Crippen LogP) is 3.87. The standard InChI is InChI=1S/C12H18/c1-9(2)11(4)8-12-7-5-6-10(12)3/h5,7-9H,6H2,1-4H3/b11-8+. The predicted molar refractivity (Wildman–Crippen MR) is 55.1 cm³/mol. The first-order valence-electron chi connectivity index (χ1n) is 4.65. The summed E-state index contributed by atoms with van der Waals surface area (Å²) in [5.74, 6) is 0.666. The fourth-order valence-corrected chi connectivity index (χ4v) is 1.21. The van der Waals surface area contributed by atoms with Crippen LogP contribution in [0.5, 0.6) is 0 Å². The molecule has 12 heavy (non-hydrogen) atoms. The Morgan fingerprint density at radius 1 is 1.50 bits per heavy atom. The first kappa shape index (κ1) is 9.31. The zero-order valence-electron chi connectivity index (χ0n) is 8.52. The summed E-state index contributed by atoms with van der Waals surface area (Å²) in [4.78, 5) is 0. The molecule has 1 rings (SSSR count). The SMILES string of the molecule is CC1=C(/C=C(\C)C(C)C)C=CC1. The fourth-order valence-electron chi connectivity index (χ4n) is 1.21. The number of rotatable bonds is 2. The summed E-state index contributed by atoms with van der Waals surface area (Å²) < 4.78 is 0. The Morgan fingerprint density at radius 2 is 2.17 bits per heavy atom. The van der Waals surface area contributed by atoms with Crippen molar-refractivity contribution in [1.82, 2.24) is 0 Å². The van der Waals surface area contributed by atoms with Crippen molar-refractivity contribution >= 4 is 0 Å². The molecule has 0 bridgehead atoms. The van der Waals surface area contributed by atoms with E-state index in [0.29, 0.717) is 5.92 Å². The van der Waals surface area contributed by atoms with Gasteiger partial charge in [0.25, 0.3) is 0 Å². The van der Waals surface area contributed by atoms with E-state index in [-0.39, 0.29) is 0 Å². The van der Waals surface area contributed by atoms with E-state index in [1.807, 2.05) is 0 Å². The van der Waals surface area contributed by atoms with Crippen molar-refractivity contribution in [3.63, 3.8) is 0 Å². The van der Waals surface area contributed by atoms with Crippen LogP contribution >= 0.6 is 0 Å². The Labute approximate surface area is 75.7 Å². The Hall–Kier alpha value is -0.780. The third-order valence-corrected chi connectivity index (χ3v) is 2.51. The lowest BCUT2D eigenvalue weighted by atomic mass is 10.0. The van der Waals surface area contributed by atoms with E-state index >= 15 is 0 Å². The average molecular weight is 162 g/mol. The number of hydrogen-bond donors (Lipinski definition) is 0. The van der Waals surface area contributed by atoms with Crippen molar-refractivity contribution in [1.29, 1.82) is 0 Å². The molecule has 0 spiro atoms. The van der Waals surface area contributed by atoms with Crippen LogP contribution in [0.3, 0.4) is 0 Å². The molecule has 1 aliphatic carbocycles. The Bertz CT molecular complexity index is 249. The minimum Gasteiger partial charge on any atom is -0.0799 e. The number of hydrogen-bond acceptors (Lipinski definition) is 0. The maximum absolute atomic E-state index is 2.31. The van der Waals surface area contributed by atoms with Gasteiger partial charge in [-0.2, -0.15) is 0 Å². The molecule has 0 aromatic heterocycles. The molecule has 0 atom stereocenters. The highest BCUT2D eigenvalue weighted by Crippen LogP contribution is 2.22. The van der Waals surface area contributed by atoms with Crippen molar-refractivity contribution in [3.8, 4) is 0 Å². The lowest BCUT2D eigenvalue weighted by molar-refractivity contribution is 0.768. The lowest BCUT2D eigenvalue weighted by Crippen LogP contribution is -1.89. The summed E-state index contributed by atoms with van der Waals surface area (Å²) in [6.45, 7) is 8.89. The first-order chi connectivity index (χ1) is 5.61. The third-order valence-electron chi connectivity index (χ3n) is 2.51. The van der Waals surface area contributed by atoms with Crippen LogP contribution in [-0.2, 0) is 0 Å². The summed E-state index contributed by atoms with van der Waals surface area (Å²) in [7, 11) is 0. The van der Waals surface area contributed by atoms with Gasteiger partial charge in [0, 0.05) is 0 Å². The maximum Gasteiger partial charge on any atom is -0.0129 e. The van der Waals surface area contributed by atoms with E-state index < -0.39 is 0 Å². The molecule has 0 aromatic rings. The maximum atomic E-state index is 2.31. The van der Waals surface area contributed by atoms with Gasteiger partial charge in [0.1, 0.15) is 0 Å². The van der Waals surface area contributed by atoms with Crippen LogP contribution in [0.2, 0.25) is 0 Å². The molecule has 0 N–H and O–H groups in total. The summed E-state index contributed by atoms with van der Waals surface area (Å²) in [5, 5.41) is 0. The van der Waals surface area contributed by atoms with E-state index in [4.69, 9.17) is 0 Å². The van der Waals surface area contributed by atoms with E-state index in [9.17, 15) is 0 Å². The molecular formula is C12H18. The van der Waals surface area contributed by atoms with E-state index in [2.05, 4.69) is 45.9 Å². The summed E-state index contributed by atoms with van der Waals surface area (Å²) in [6, 6.07) is 0. The minimum atomic E-state index is 0.666. The molecular weight excluding hydrogens is 144 g/mol. The van der Waals surface area contributed by atoms with Gasteiger partial charge in [0.05, 0.1) is 0 Å². The second-order valence-electron chi connectivity index (χ2n) is 3.89. The second-order valence-corrected chi connectivity index (χ2v) is 3.89. The van der Waals surface area contributed by atoms with Gasteiger partial charge in [0.15, 0.2) is 0 Å². The second kappa shape index (κ2) is 3.75. The molecule has 0 nitrogen and oxygen atoms in total. The molecule has 0 amide bonds. The zero-order chi connectivity index (χ0) is 9.14. The van der Waals surface area contributed by atoms with Crippen molar-refractivity contribution in [3.05, 3.63) is 34.9 Å². The van der Waals surface area contributed by atoms with Gasteiger partial charge >= 0.3 is 0 Å². The smallest absolute Gasteiger partial charge is 0.0129 e. The van der Waals surface area contributed by atoms with Crippen molar-refractivity contribution in [2.75, 3.05) is 0 Å². The topological polar surface area (TPSA) is 0 Å². The summed E-state index contributed by atoms with van der Waals surface area (Å²) in [6.07, 6.45) is 7.90. The van der Waals surface area contributed by atoms with Gasteiger partial charge in [0.2, 0.25) is 0 Å². The van der Waals surface area contributed by atoms with E-state index in [1.165, 1.54) is 16.7 Å². The van der Waals surface area contributed by atoms with Gasteiger partial charge in [-0.15, -0.1) is 0 Å². The van der Waals surface area contributed by atoms with Crippen molar-refractivity contribution in [2.24, 2.45) is 5.92 Å². The zero-order valence-corrected chi connectivity index (χ0v) is 8.52. The van der Waals surface area contributed by atoms with E-state index in [0.717, 1.165) is 6.42 Å². The summed E-state index contributed by atoms with van der Waals surface area (Å²) in [5.41, 5.74) is 4.38.